The van der Waals surface area contributed by atoms with Gasteiger partial charge in [-0.25, -0.2) is 8.42 Å². The molecule has 33 heavy (non-hydrogen) atoms. The summed E-state index contributed by atoms with van der Waals surface area (Å²) in [5.41, 5.74) is 1.32. The van der Waals surface area contributed by atoms with E-state index < -0.39 is 10.0 Å². The van der Waals surface area contributed by atoms with Crippen LogP contribution in [0.5, 0.6) is 0 Å². The van der Waals surface area contributed by atoms with Crippen molar-refractivity contribution in [3.05, 3.63) is 29.7 Å². The van der Waals surface area contributed by atoms with Crippen LogP contribution in [0.3, 0.4) is 0 Å². The SMILES string of the molecule is Cc1ccc(-c2noc(C3CC3)n2)cc1S(=O)(=O)N1CCC(C(=O)N2CCCCC2C)CC1. The molecule has 8 nitrogen and oxygen atoms in total. The molecule has 0 N–H and O–H groups in total. The molecule has 0 radical (unpaired) electrons. The van der Waals surface area contributed by atoms with Crippen molar-refractivity contribution in [2.24, 2.45) is 5.92 Å². The van der Waals surface area contributed by atoms with Gasteiger partial charge < -0.3 is 9.42 Å². The van der Waals surface area contributed by atoms with Crippen LogP contribution >= 0.6 is 0 Å². The molecule has 3 heterocycles. The number of hydrogen-bond donors (Lipinski definition) is 0. The van der Waals surface area contributed by atoms with E-state index >= 15 is 0 Å². The van der Waals surface area contributed by atoms with Gasteiger partial charge in [0.25, 0.3) is 0 Å². The van der Waals surface area contributed by atoms with Crippen molar-refractivity contribution in [2.45, 2.75) is 75.6 Å². The number of carbonyl (C=O) groups is 1. The maximum atomic E-state index is 13.5. The van der Waals surface area contributed by atoms with E-state index in [0.717, 1.165) is 32.2 Å². The predicted molar refractivity (Wildman–Crippen MR) is 123 cm³/mol. The Bertz CT molecular complexity index is 1130. The molecule has 5 rings (SSSR count). The Balaban J connectivity index is 1.30. The third-order valence-corrected chi connectivity index (χ3v) is 9.36. The Morgan fingerprint density at radius 2 is 1.82 bits per heavy atom. The van der Waals surface area contributed by atoms with Crippen LogP contribution in [-0.4, -0.2) is 59.3 Å². The molecule has 1 aromatic carbocycles. The van der Waals surface area contributed by atoms with Crippen molar-refractivity contribution in [1.29, 1.82) is 0 Å². The largest absolute Gasteiger partial charge is 0.340 e. The summed E-state index contributed by atoms with van der Waals surface area (Å²) in [5.74, 6) is 1.50. The number of nitrogens with zero attached hydrogens (tertiary/aromatic N) is 4. The van der Waals surface area contributed by atoms with Gasteiger partial charge in [0.15, 0.2) is 0 Å². The van der Waals surface area contributed by atoms with E-state index in [1.54, 1.807) is 19.1 Å². The zero-order valence-corrected chi connectivity index (χ0v) is 20.2. The van der Waals surface area contributed by atoms with Crippen LogP contribution in [-0.2, 0) is 14.8 Å². The number of likely N-dealkylation sites (tertiary alicyclic amines) is 1. The standard InChI is InChI=1S/C24H32N4O4S/c1-16-6-7-20(22-25-23(32-26-22)18-8-9-18)15-21(16)33(30,31)27-13-10-19(11-14-27)24(29)28-12-4-3-5-17(28)2/h6-7,15,17-19H,3-5,8-14H2,1-2H3. The molecule has 1 aliphatic carbocycles. The fraction of sp³-hybridized carbons (Fsp3) is 0.625. The quantitative estimate of drug-likeness (QED) is 0.658. The second-order valence-corrected chi connectivity index (χ2v) is 11.7. The molecule has 0 spiro atoms. The van der Waals surface area contributed by atoms with Gasteiger partial charge in [0.05, 0.1) is 4.90 Å². The smallest absolute Gasteiger partial charge is 0.243 e. The Hall–Kier alpha value is -2.26. The highest BCUT2D eigenvalue weighted by molar-refractivity contribution is 7.89. The molecule has 1 amide bonds. The van der Waals surface area contributed by atoms with Crippen molar-refractivity contribution in [3.8, 4) is 11.4 Å². The van der Waals surface area contributed by atoms with Crippen LogP contribution in [0, 0.1) is 12.8 Å². The Kier molecular flexibility index (Phi) is 6.03. The van der Waals surface area contributed by atoms with Gasteiger partial charge in [-0.1, -0.05) is 17.3 Å². The third kappa shape index (κ3) is 4.45. The maximum absolute atomic E-state index is 13.5. The second kappa shape index (κ2) is 8.83. The molecular weight excluding hydrogens is 440 g/mol. The van der Waals surface area contributed by atoms with Gasteiger partial charge in [-0.2, -0.15) is 9.29 Å². The monoisotopic (exact) mass is 472 g/mol. The van der Waals surface area contributed by atoms with Crippen LogP contribution in [0.1, 0.15) is 69.2 Å². The highest BCUT2D eigenvalue weighted by Crippen LogP contribution is 2.39. The molecule has 9 heteroatoms. The van der Waals surface area contributed by atoms with E-state index in [4.69, 9.17) is 4.52 Å². The lowest BCUT2D eigenvalue weighted by atomic mass is 9.94. The van der Waals surface area contributed by atoms with Gasteiger partial charge >= 0.3 is 0 Å². The summed E-state index contributed by atoms with van der Waals surface area (Å²) in [6.45, 7) is 5.46. The first-order chi connectivity index (χ1) is 15.8. The van der Waals surface area contributed by atoms with Crippen LogP contribution < -0.4 is 0 Å². The zero-order valence-electron chi connectivity index (χ0n) is 19.4. The average molecular weight is 473 g/mol. The van der Waals surface area contributed by atoms with E-state index in [0.29, 0.717) is 54.7 Å². The van der Waals surface area contributed by atoms with Crippen LogP contribution in [0.15, 0.2) is 27.6 Å². The first kappa shape index (κ1) is 22.5. The number of rotatable bonds is 5. The first-order valence-electron chi connectivity index (χ1n) is 12.1. The number of hydrogen-bond acceptors (Lipinski definition) is 6. The number of carbonyl (C=O) groups excluding carboxylic acids is 1. The summed E-state index contributed by atoms with van der Waals surface area (Å²) in [6.07, 6.45) is 6.53. The van der Waals surface area contributed by atoms with Gasteiger partial charge in [-0.3, -0.25) is 4.79 Å². The molecule has 3 aliphatic rings. The second-order valence-electron chi connectivity index (χ2n) is 9.77. The van der Waals surface area contributed by atoms with E-state index in [1.165, 1.54) is 10.7 Å². The Morgan fingerprint density at radius 3 is 2.52 bits per heavy atom. The topological polar surface area (TPSA) is 96.6 Å². The fourth-order valence-corrected chi connectivity index (χ4v) is 6.73. The summed E-state index contributed by atoms with van der Waals surface area (Å²) in [7, 11) is -3.68. The maximum Gasteiger partial charge on any atom is 0.243 e. The summed E-state index contributed by atoms with van der Waals surface area (Å²) in [4.78, 5) is 19.8. The number of benzene rings is 1. The number of piperidine rings is 2. The lowest BCUT2D eigenvalue weighted by molar-refractivity contribution is -0.140. The van der Waals surface area contributed by atoms with Crippen molar-refractivity contribution in [1.82, 2.24) is 19.3 Å². The number of aromatic nitrogens is 2. The minimum absolute atomic E-state index is 0.0930. The summed E-state index contributed by atoms with van der Waals surface area (Å²) >= 11 is 0. The minimum Gasteiger partial charge on any atom is -0.340 e. The first-order valence-corrected chi connectivity index (χ1v) is 13.5. The molecule has 1 atom stereocenters. The molecule has 1 saturated carbocycles. The molecule has 1 unspecified atom stereocenters. The number of sulfonamides is 1. The van der Waals surface area contributed by atoms with E-state index in [9.17, 15) is 13.2 Å². The normalized spacial score (nSPS) is 23.1. The van der Waals surface area contributed by atoms with Crippen molar-refractivity contribution >= 4 is 15.9 Å². The molecule has 2 aliphatic heterocycles. The molecule has 3 fully saturated rings. The minimum atomic E-state index is -3.68. The highest BCUT2D eigenvalue weighted by Gasteiger charge is 2.36. The lowest BCUT2D eigenvalue weighted by Gasteiger charge is -2.38. The summed E-state index contributed by atoms with van der Waals surface area (Å²) < 4.78 is 33.9. The predicted octanol–water partition coefficient (Wildman–Crippen LogP) is 3.72. The molecule has 1 aromatic heterocycles. The summed E-state index contributed by atoms with van der Waals surface area (Å²) in [5, 5.41) is 4.06. The van der Waals surface area contributed by atoms with Gasteiger partial charge in [-0.05, 0) is 70.4 Å². The summed E-state index contributed by atoms with van der Waals surface area (Å²) in [6, 6.07) is 5.56. The number of aryl methyl sites for hydroxylation is 1. The average Bonchev–Trinajstić information content (AvgIpc) is 3.56. The van der Waals surface area contributed by atoms with Gasteiger partial charge in [0, 0.05) is 43.1 Å². The highest BCUT2D eigenvalue weighted by atomic mass is 32.2. The molecule has 2 saturated heterocycles. The Labute approximate surface area is 195 Å². The van der Waals surface area contributed by atoms with Crippen LogP contribution in [0.4, 0.5) is 0 Å². The van der Waals surface area contributed by atoms with E-state index in [-0.39, 0.29) is 22.8 Å². The van der Waals surface area contributed by atoms with Gasteiger partial charge in [0.1, 0.15) is 0 Å². The van der Waals surface area contributed by atoms with Crippen molar-refractivity contribution in [2.75, 3.05) is 19.6 Å². The number of amides is 1. The third-order valence-electron chi connectivity index (χ3n) is 7.32. The molecule has 0 bridgehead atoms. The lowest BCUT2D eigenvalue weighted by Crippen LogP contribution is -2.48. The van der Waals surface area contributed by atoms with Crippen LogP contribution in [0.2, 0.25) is 0 Å². The van der Waals surface area contributed by atoms with Gasteiger partial charge in [0.2, 0.25) is 27.6 Å². The molecule has 178 valence electrons. The van der Waals surface area contributed by atoms with Crippen LogP contribution in [0.25, 0.3) is 11.4 Å². The van der Waals surface area contributed by atoms with Crippen molar-refractivity contribution < 1.29 is 17.7 Å². The van der Waals surface area contributed by atoms with E-state index in [2.05, 4.69) is 17.1 Å². The van der Waals surface area contributed by atoms with E-state index in [1.807, 2.05) is 11.0 Å². The Morgan fingerprint density at radius 1 is 1.06 bits per heavy atom. The van der Waals surface area contributed by atoms with Crippen molar-refractivity contribution in [3.63, 3.8) is 0 Å². The molecular formula is C24H32N4O4S. The fourth-order valence-electron chi connectivity index (χ4n) is 5.01. The van der Waals surface area contributed by atoms with Gasteiger partial charge in [-0.15, -0.1) is 0 Å². The zero-order chi connectivity index (χ0) is 23.2. The molecule has 2 aromatic rings.